The van der Waals surface area contributed by atoms with E-state index >= 15 is 0 Å². The van der Waals surface area contributed by atoms with Gasteiger partial charge in [0.15, 0.2) is 11.5 Å². The van der Waals surface area contributed by atoms with Gasteiger partial charge in [-0.1, -0.05) is 30.3 Å². The predicted molar refractivity (Wildman–Crippen MR) is 78.7 cm³/mol. The molecule has 0 bridgehead atoms. The van der Waals surface area contributed by atoms with Gasteiger partial charge in [-0.05, 0) is 23.8 Å². The lowest BCUT2D eigenvalue weighted by atomic mass is 10.2. The minimum absolute atomic E-state index is 0.190. The molecule has 2 aromatic carbocycles. The molecule has 0 radical (unpaired) electrons. The lowest BCUT2D eigenvalue weighted by Crippen LogP contribution is -2.17. The molecule has 21 heavy (non-hydrogen) atoms. The average molecular weight is 282 g/mol. The standard InChI is InChI=1S/C16H14N2O3/c19-16(13-6-7-14-15(10-13)21-11-20-14)18-17-9-8-12-4-2-1-3-5-12/h1-7,9-10H,8,11H2,(H,18,19)/b17-9+. The summed E-state index contributed by atoms with van der Waals surface area (Å²) < 4.78 is 10.4. The van der Waals surface area contributed by atoms with Crippen molar-refractivity contribution in [2.24, 2.45) is 5.10 Å². The average Bonchev–Trinajstić information content (AvgIpc) is 3.00. The van der Waals surface area contributed by atoms with E-state index in [2.05, 4.69) is 10.5 Å². The monoisotopic (exact) mass is 282 g/mol. The van der Waals surface area contributed by atoms with Gasteiger partial charge >= 0.3 is 0 Å². The van der Waals surface area contributed by atoms with Crippen LogP contribution in [0.4, 0.5) is 0 Å². The minimum Gasteiger partial charge on any atom is -0.454 e. The zero-order chi connectivity index (χ0) is 14.5. The van der Waals surface area contributed by atoms with E-state index < -0.39 is 0 Å². The number of carbonyl (C=O) groups is 1. The van der Waals surface area contributed by atoms with Crippen LogP contribution in [0.5, 0.6) is 11.5 Å². The van der Waals surface area contributed by atoms with Crippen LogP contribution < -0.4 is 14.9 Å². The molecule has 1 N–H and O–H groups in total. The molecular formula is C16H14N2O3. The van der Waals surface area contributed by atoms with Crippen LogP contribution in [0, 0.1) is 0 Å². The topological polar surface area (TPSA) is 59.9 Å². The van der Waals surface area contributed by atoms with Gasteiger partial charge in [-0.25, -0.2) is 5.43 Å². The summed E-state index contributed by atoms with van der Waals surface area (Å²) in [5.41, 5.74) is 4.11. The maximum absolute atomic E-state index is 11.9. The molecule has 0 aromatic heterocycles. The Balaban J connectivity index is 1.57. The summed E-state index contributed by atoms with van der Waals surface area (Å²) in [6, 6.07) is 14.9. The lowest BCUT2D eigenvalue weighted by Gasteiger charge is -2.01. The van der Waals surface area contributed by atoms with Crippen molar-refractivity contribution in [1.82, 2.24) is 5.43 Å². The molecule has 0 spiro atoms. The van der Waals surface area contributed by atoms with Crippen LogP contribution in [0.25, 0.3) is 0 Å². The van der Waals surface area contributed by atoms with E-state index in [1.54, 1.807) is 24.4 Å². The maximum atomic E-state index is 11.9. The fraction of sp³-hybridized carbons (Fsp3) is 0.125. The van der Waals surface area contributed by atoms with Crippen LogP contribution in [0.2, 0.25) is 0 Å². The van der Waals surface area contributed by atoms with E-state index in [0.717, 1.165) is 5.56 Å². The number of fused-ring (bicyclic) bond motifs is 1. The second kappa shape index (κ2) is 6.09. The SMILES string of the molecule is O=C(N/N=C/Cc1ccccc1)c1ccc2c(c1)OCO2. The third-order valence-corrected chi connectivity index (χ3v) is 3.06. The number of ether oxygens (including phenoxy) is 2. The number of benzene rings is 2. The van der Waals surface area contributed by atoms with Gasteiger partial charge in [0, 0.05) is 18.2 Å². The van der Waals surface area contributed by atoms with Crippen LogP contribution in [0.1, 0.15) is 15.9 Å². The van der Waals surface area contributed by atoms with Gasteiger partial charge in [0.25, 0.3) is 5.91 Å². The quantitative estimate of drug-likeness (QED) is 0.692. The summed E-state index contributed by atoms with van der Waals surface area (Å²) in [6.45, 7) is 0.190. The number of rotatable bonds is 4. The lowest BCUT2D eigenvalue weighted by molar-refractivity contribution is 0.0954. The second-order valence-electron chi connectivity index (χ2n) is 4.51. The van der Waals surface area contributed by atoms with Crippen molar-refractivity contribution in [3.05, 3.63) is 59.7 Å². The third-order valence-electron chi connectivity index (χ3n) is 3.06. The molecule has 0 atom stereocenters. The first-order valence-corrected chi connectivity index (χ1v) is 6.58. The number of hydrogen-bond donors (Lipinski definition) is 1. The summed E-state index contributed by atoms with van der Waals surface area (Å²) >= 11 is 0. The molecule has 106 valence electrons. The molecule has 1 aliphatic heterocycles. The number of carbonyl (C=O) groups excluding carboxylic acids is 1. The van der Waals surface area contributed by atoms with Crippen LogP contribution in [-0.4, -0.2) is 18.9 Å². The summed E-state index contributed by atoms with van der Waals surface area (Å²) in [4.78, 5) is 11.9. The summed E-state index contributed by atoms with van der Waals surface area (Å²) in [6.07, 6.45) is 2.34. The predicted octanol–water partition coefficient (Wildman–Crippen LogP) is 2.37. The number of hydrogen-bond acceptors (Lipinski definition) is 4. The van der Waals surface area contributed by atoms with E-state index in [1.807, 2.05) is 30.3 Å². The zero-order valence-corrected chi connectivity index (χ0v) is 11.3. The van der Waals surface area contributed by atoms with Crippen molar-refractivity contribution in [3.63, 3.8) is 0 Å². The zero-order valence-electron chi connectivity index (χ0n) is 11.3. The molecule has 1 amide bonds. The minimum atomic E-state index is -0.280. The highest BCUT2D eigenvalue weighted by Crippen LogP contribution is 2.32. The van der Waals surface area contributed by atoms with E-state index in [1.165, 1.54) is 0 Å². The van der Waals surface area contributed by atoms with Crippen molar-refractivity contribution >= 4 is 12.1 Å². The maximum Gasteiger partial charge on any atom is 0.271 e. The second-order valence-corrected chi connectivity index (χ2v) is 4.51. The molecule has 1 aliphatic rings. The number of hydrazone groups is 1. The molecule has 3 rings (SSSR count). The Morgan fingerprint density at radius 2 is 1.95 bits per heavy atom. The summed E-state index contributed by atoms with van der Waals surface area (Å²) in [5, 5.41) is 3.94. The molecule has 0 unspecified atom stereocenters. The van der Waals surface area contributed by atoms with Crippen molar-refractivity contribution in [2.45, 2.75) is 6.42 Å². The highest BCUT2D eigenvalue weighted by Gasteiger charge is 2.15. The number of nitrogens with zero attached hydrogens (tertiary/aromatic N) is 1. The molecule has 5 nitrogen and oxygen atoms in total. The fourth-order valence-electron chi connectivity index (χ4n) is 1.97. The largest absolute Gasteiger partial charge is 0.454 e. The van der Waals surface area contributed by atoms with Crippen molar-refractivity contribution in [1.29, 1.82) is 0 Å². The number of amides is 1. The molecule has 5 heteroatoms. The first-order valence-electron chi connectivity index (χ1n) is 6.58. The normalized spacial score (nSPS) is 12.6. The molecule has 1 heterocycles. The van der Waals surface area contributed by atoms with E-state index in [9.17, 15) is 4.79 Å². The Labute approximate surface area is 122 Å². The number of nitrogens with one attached hydrogen (secondary N) is 1. The summed E-state index contributed by atoms with van der Waals surface area (Å²) in [5.74, 6) is 0.952. The molecule has 0 aliphatic carbocycles. The Morgan fingerprint density at radius 1 is 1.14 bits per heavy atom. The van der Waals surface area contributed by atoms with Crippen LogP contribution in [0.15, 0.2) is 53.6 Å². The Bertz CT molecular complexity index is 668. The summed E-state index contributed by atoms with van der Waals surface area (Å²) in [7, 11) is 0. The van der Waals surface area contributed by atoms with Crippen molar-refractivity contribution in [3.8, 4) is 11.5 Å². The molecule has 0 fully saturated rings. The highest BCUT2D eigenvalue weighted by atomic mass is 16.7. The van der Waals surface area contributed by atoms with Gasteiger partial charge < -0.3 is 9.47 Å². The van der Waals surface area contributed by atoms with E-state index in [-0.39, 0.29) is 12.7 Å². The fourth-order valence-corrected chi connectivity index (χ4v) is 1.97. The first-order chi connectivity index (χ1) is 10.3. The van der Waals surface area contributed by atoms with E-state index in [0.29, 0.717) is 23.5 Å². The van der Waals surface area contributed by atoms with E-state index in [4.69, 9.17) is 9.47 Å². The van der Waals surface area contributed by atoms with Gasteiger partial charge in [-0.15, -0.1) is 0 Å². The highest BCUT2D eigenvalue weighted by molar-refractivity contribution is 5.95. The van der Waals surface area contributed by atoms with Gasteiger partial charge in [0.2, 0.25) is 6.79 Å². The van der Waals surface area contributed by atoms with Gasteiger partial charge in [0.1, 0.15) is 0 Å². The Hall–Kier alpha value is -2.82. The Kier molecular flexibility index (Phi) is 3.82. The van der Waals surface area contributed by atoms with Gasteiger partial charge in [-0.2, -0.15) is 5.10 Å². The van der Waals surface area contributed by atoms with Crippen molar-refractivity contribution < 1.29 is 14.3 Å². The molecule has 0 saturated heterocycles. The Morgan fingerprint density at radius 3 is 2.81 bits per heavy atom. The van der Waals surface area contributed by atoms with Gasteiger partial charge in [-0.3, -0.25) is 4.79 Å². The molecule has 2 aromatic rings. The van der Waals surface area contributed by atoms with Crippen LogP contribution in [0.3, 0.4) is 0 Å². The first kappa shape index (κ1) is 13.2. The molecular weight excluding hydrogens is 268 g/mol. The van der Waals surface area contributed by atoms with Crippen LogP contribution in [-0.2, 0) is 6.42 Å². The van der Waals surface area contributed by atoms with Crippen LogP contribution >= 0.6 is 0 Å². The van der Waals surface area contributed by atoms with Crippen molar-refractivity contribution in [2.75, 3.05) is 6.79 Å². The molecule has 0 saturated carbocycles. The third kappa shape index (κ3) is 3.20. The van der Waals surface area contributed by atoms with Gasteiger partial charge in [0.05, 0.1) is 0 Å². The smallest absolute Gasteiger partial charge is 0.271 e.